The number of nitro groups is 1. The van der Waals surface area contributed by atoms with Crippen molar-refractivity contribution in [1.29, 1.82) is 0 Å². The molecule has 1 fully saturated rings. The summed E-state index contributed by atoms with van der Waals surface area (Å²) >= 11 is 4.84. The standard InChI is InChI=1S/C29H22BrN3O6S/c1-37-25-15-20(14-24(30)27(25)39-18-19-9-11-22(12-10-19)33(35)36)16-26-28(34)32(17-23-8-5-13-38-23)29(40-26)31-21-6-3-2-4-7-21/h2-16H,17-18H2,1H3/b26-16-,31-29?. The molecule has 5 rings (SSSR count). The predicted molar refractivity (Wildman–Crippen MR) is 156 cm³/mol. The van der Waals surface area contributed by atoms with Crippen molar-refractivity contribution < 1.29 is 23.6 Å². The summed E-state index contributed by atoms with van der Waals surface area (Å²) in [6.45, 7) is 0.438. The Morgan fingerprint density at radius 3 is 2.55 bits per heavy atom. The molecule has 1 aromatic heterocycles. The number of carbonyl (C=O) groups excluding carboxylic acids is 1. The number of amidine groups is 1. The van der Waals surface area contributed by atoms with Crippen LogP contribution in [0.5, 0.6) is 11.5 Å². The van der Waals surface area contributed by atoms with Gasteiger partial charge in [0.15, 0.2) is 16.7 Å². The highest BCUT2D eigenvalue weighted by Crippen LogP contribution is 2.40. The maximum atomic E-state index is 13.5. The van der Waals surface area contributed by atoms with E-state index < -0.39 is 4.92 Å². The molecule has 2 heterocycles. The van der Waals surface area contributed by atoms with Crippen LogP contribution in [0.25, 0.3) is 6.08 Å². The van der Waals surface area contributed by atoms with E-state index in [0.29, 0.717) is 31.8 Å². The van der Waals surface area contributed by atoms with Crippen LogP contribution in [0, 0.1) is 10.1 Å². The fourth-order valence-electron chi connectivity index (χ4n) is 3.89. The van der Waals surface area contributed by atoms with Crippen molar-refractivity contribution in [2.75, 3.05) is 7.11 Å². The first kappa shape index (κ1) is 27.2. The van der Waals surface area contributed by atoms with Gasteiger partial charge in [0.2, 0.25) is 0 Å². The Bertz CT molecular complexity index is 1590. The number of thioether (sulfide) groups is 1. The SMILES string of the molecule is COc1cc(/C=C2\SC(=Nc3ccccc3)N(Cc3ccco3)C2=O)cc(Br)c1OCc1ccc([N+](=O)[O-])cc1. The smallest absolute Gasteiger partial charge is 0.269 e. The molecule has 11 heteroatoms. The second-order valence-corrected chi connectivity index (χ2v) is 10.4. The minimum absolute atomic E-state index is 0.0129. The number of amides is 1. The van der Waals surface area contributed by atoms with Crippen molar-refractivity contribution in [2.45, 2.75) is 13.2 Å². The first-order chi connectivity index (χ1) is 19.4. The van der Waals surface area contributed by atoms with Gasteiger partial charge in [-0.25, -0.2) is 4.99 Å². The zero-order valence-electron chi connectivity index (χ0n) is 21.2. The zero-order valence-corrected chi connectivity index (χ0v) is 23.6. The number of benzene rings is 3. The molecule has 1 amide bonds. The number of aliphatic imine (C=N–C) groups is 1. The van der Waals surface area contributed by atoms with Gasteiger partial charge in [0.25, 0.3) is 11.6 Å². The Balaban J connectivity index is 1.40. The van der Waals surface area contributed by atoms with Crippen LogP contribution in [-0.2, 0) is 17.9 Å². The van der Waals surface area contributed by atoms with Gasteiger partial charge in [-0.2, -0.15) is 0 Å². The van der Waals surface area contributed by atoms with Gasteiger partial charge in [-0.3, -0.25) is 19.8 Å². The molecule has 0 unspecified atom stereocenters. The predicted octanol–water partition coefficient (Wildman–Crippen LogP) is 7.34. The summed E-state index contributed by atoms with van der Waals surface area (Å²) in [5.74, 6) is 1.39. The summed E-state index contributed by atoms with van der Waals surface area (Å²) in [6, 6.07) is 22.8. The quantitative estimate of drug-likeness (QED) is 0.109. The topological polar surface area (TPSA) is 107 Å². The van der Waals surface area contributed by atoms with E-state index in [0.717, 1.165) is 16.8 Å². The highest BCUT2D eigenvalue weighted by molar-refractivity contribution is 9.10. The molecule has 0 bridgehead atoms. The maximum Gasteiger partial charge on any atom is 0.269 e. The number of carbonyl (C=O) groups is 1. The van der Waals surface area contributed by atoms with E-state index in [1.165, 1.54) is 31.0 Å². The molecule has 4 aromatic rings. The number of nitro benzene ring substituents is 1. The highest BCUT2D eigenvalue weighted by Gasteiger charge is 2.34. The number of para-hydroxylation sites is 1. The molecule has 0 atom stereocenters. The molecule has 0 radical (unpaired) electrons. The number of methoxy groups -OCH3 is 1. The Morgan fingerprint density at radius 1 is 1.10 bits per heavy atom. The molecular formula is C29H22BrN3O6S. The normalized spacial score (nSPS) is 15.2. The van der Waals surface area contributed by atoms with Gasteiger partial charge in [-0.1, -0.05) is 18.2 Å². The van der Waals surface area contributed by atoms with Gasteiger partial charge < -0.3 is 13.9 Å². The van der Waals surface area contributed by atoms with E-state index in [2.05, 4.69) is 15.9 Å². The Hall–Kier alpha value is -4.35. The summed E-state index contributed by atoms with van der Waals surface area (Å²) < 4.78 is 17.7. The van der Waals surface area contributed by atoms with Gasteiger partial charge in [0.05, 0.1) is 39.9 Å². The molecule has 1 aliphatic heterocycles. The van der Waals surface area contributed by atoms with Crippen molar-refractivity contribution in [2.24, 2.45) is 4.99 Å². The van der Waals surface area contributed by atoms with E-state index >= 15 is 0 Å². The highest BCUT2D eigenvalue weighted by atomic mass is 79.9. The summed E-state index contributed by atoms with van der Waals surface area (Å²) in [5, 5.41) is 11.4. The van der Waals surface area contributed by atoms with Crippen LogP contribution >= 0.6 is 27.7 Å². The van der Waals surface area contributed by atoms with Crippen molar-refractivity contribution in [3.8, 4) is 11.5 Å². The van der Waals surface area contributed by atoms with E-state index in [-0.39, 0.29) is 24.7 Å². The minimum atomic E-state index is -0.447. The molecule has 9 nitrogen and oxygen atoms in total. The lowest BCUT2D eigenvalue weighted by molar-refractivity contribution is -0.384. The zero-order chi connectivity index (χ0) is 28.1. The molecule has 40 heavy (non-hydrogen) atoms. The van der Waals surface area contributed by atoms with Gasteiger partial charge in [0.1, 0.15) is 12.4 Å². The third-order valence-electron chi connectivity index (χ3n) is 5.84. The average molecular weight is 620 g/mol. The van der Waals surface area contributed by atoms with Crippen molar-refractivity contribution in [3.63, 3.8) is 0 Å². The van der Waals surface area contributed by atoms with Gasteiger partial charge in [0, 0.05) is 12.1 Å². The summed E-state index contributed by atoms with van der Waals surface area (Å²) in [5.41, 5.74) is 2.24. The molecule has 0 aliphatic carbocycles. The van der Waals surface area contributed by atoms with Crippen LogP contribution in [0.4, 0.5) is 11.4 Å². The first-order valence-electron chi connectivity index (χ1n) is 12.0. The van der Waals surface area contributed by atoms with Crippen LogP contribution in [0.15, 0.2) is 104 Å². The van der Waals surface area contributed by atoms with Crippen LogP contribution in [-0.4, -0.2) is 28.0 Å². The monoisotopic (exact) mass is 619 g/mol. The molecule has 0 saturated carbocycles. The minimum Gasteiger partial charge on any atom is -0.493 e. The summed E-state index contributed by atoms with van der Waals surface area (Å²) in [6.07, 6.45) is 3.35. The van der Waals surface area contributed by atoms with Crippen molar-refractivity contribution in [3.05, 3.63) is 122 Å². The number of furan rings is 1. The van der Waals surface area contributed by atoms with E-state index in [9.17, 15) is 14.9 Å². The number of ether oxygens (including phenoxy) is 2. The van der Waals surface area contributed by atoms with Crippen molar-refractivity contribution >= 4 is 56.2 Å². The van der Waals surface area contributed by atoms with E-state index in [1.807, 2.05) is 42.5 Å². The molecule has 1 saturated heterocycles. The van der Waals surface area contributed by atoms with Crippen molar-refractivity contribution in [1.82, 2.24) is 4.90 Å². The average Bonchev–Trinajstić information content (AvgIpc) is 3.57. The lowest BCUT2D eigenvalue weighted by atomic mass is 10.1. The molecule has 1 aliphatic rings. The molecule has 3 aromatic carbocycles. The Morgan fingerprint density at radius 2 is 1.88 bits per heavy atom. The fraction of sp³-hybridized carbons (Fsp3) is 0.103. The third kappa shape index (κ3) is 6.27. The second-order valence-electron chi connectivity index (χ2n) is 8.56. The van der Waals surface area contributed by atoms with E-state index in [4.69, 9.17) is 18.9 Å². The number of halogens is 1. The number of nitrogens with zero attached hydrogens (tertiary/aromatic N) is 3. The summed E-state index contributed by atoms with van der Waals surface area (Å²) in [7, 11) is 1.53. The van der Waals surface area contributed by atoms with E-state index in [1.54, 1.807) is 41.5 Å². The number of non-ortho nitro benzene ring substituents is 1. The van der Waals surface area contributed by atoms with Crippen LogP contribution in [0.3, 0.4) is 0 Å². The van der Waals surface area contributed by atoms with Gasteiger partial charge >= 0.3 is 0 Å². The fourth-order valence-corrected chi connectivity index (χ4v) is 5.46. The molecule has 0 spiro atoms. The number of hydrogen-bond acceptors (Lipinski definition) is 8. The Labute approximate surface area is 242 Å². The van der Waals surface area contributed by atoms with Crippen LogP contribution in [0.2, 0.25) is 0 Å². The molecular weight excluding hydrogens is 598 g/mol. The van der Waals surface area contributed by atoms with Gasteiger partial charge in [-0.15, -0.1) is 0 Å². The lowest BCUT2D eigenvalue weighted by Gasteiger charge is -2.14. The number of rotatable bonds is 9. The molecule has 202 valence electrons. The van der Waals surface area contributed by atoms with Gasteiger partial charge in [-0.05, 0) is 93.4 Å². The third-order valence-corrected chi connectivity index (χ3v) is 7.44. The largest absolute Gasteiger partial charge is 0.493 e. The van der Waals surface area contributed by atoms with Crippen LogP contribution in [0.1, 0.15) is 16.9 Å². The lowest BCUT2D eigenvalue weighted by Crippen LogP contribution is -2.28. The second kappa shape index (κ2) is 12.2. The summed E-state index contributed by atoms with van der Waals surface area (Å²) in [4.78, 5) is 30.7. The Kier molecular flexibility index (Phi) is 8.32. The van der Waals surface area contributed by atoms with Crippen LogP contribution < -0.4 is 9.47 Å². The number of hydrogen-bond donors (Lipinski definition) is 0. The maximum absolute atomic E-state index is 13.5. The first-order valence-corrected chi connectivity index (χ1v) is 13.6. The molecule has 0 N–H and O–H groups in total.